The summed E-state index contributed by atoms with van der Waals surface area (Å²) in [5.41, 5.74) is 1.01. The molecule has 1 saturated heterocycles. The summed E-state index contributed by atoms with van der Waals surface area (Å²) in [4.78, 5) is 28.6. The van der Waals surface area contributed by atoms with Gasteiger partial charge < -0.3 is 19.6 Å². The topological polar surface area (TPSA) is 141 Å². The van der Waals surface area contributed by atoms with E-state index in [0.717, 1.165) is 19.5 Å². The quantitative estimate of drug-likeness (QED) is 0.268. The number of benzene rings is 1. The average molecular weight is 560 g/mol. The summed E-state index contributed by atoms with van der Waals surface area (Å²) in [6, 6.07) is 9.66. The molecule has 3 aromatic rings. The number of sulfone groups is 1. The summed E-state index contributed by atoms with van der Waals surface area (Å²) < 4.78 is 36.1. The number of fused-ring (bicyclic) bond motifs is 1. The lowest BCUT2D eigenvalue weighted by Crippen LogP contribution is -2.25. The molecule has 38 heavy (non-hydrogen) atoms. The fourth-order valence-corrected chi connectivity index (χ4v) is 6.46. The molecular weight excluding hydrogens is 530 g/mol. The number of carbonyl (C=O) groups is 1. The maximum Gasteiger partial charge on any atom is 0.280 e. The Labute approximate surface area is 224 Å². The molecule has 0 radical (unpaired) electrons. The number of amides is 1. The van der Waals surface area contributed by atoms with Gasteiger partial charge in [-0.25, -0.2) is 18.4 Å². The average Bonchev–Trinajstić information content (AvgIpc) is 3.51. The van der Waals surface area contributed by atoms with Crippen molar-refractivity contribution in [2.45, 2.75) is 48.5 Å². The summed E-state index contributed by atoms with van der Waals surface area (Å²) in [6.45, 7) is 3.74. The number of methoxy groups -OCH3 is 1. The molecule has 2 fully saturated rings. The molecular formula is C25H29N5O6S2. The molecule has 202 valence electrons. The van der Waals surface area contributed by atoms with Gasteiger partial charge in [0.05, 0.1) is 16.8 Å². The minimum atomic E-state index is -3.35. The number of rotatable bonds is 11. The van der Waals surface area contributed by atoms with Gasteiger partial charge in [-0.15, -0.1) is 0 Å². The maximum atomic E-state index is 13.3. The molecule has 1 aliphatic heterocycles. The summed E-state index contributed by atoms with van der Waals surface area (Å²) in [7, 11) is -1.81. The van der Waals surface area contributed by atoms with Gasteiger partial charge in [0.1, 0.15) is 22.6 Å². The first-order chi connectivity index (χ1) is 18.3. The van der Waals surface area contributed by atoms with Crippen LogP contribution in [0.25, 0.3) is 10.3 Å². The molecule has 11 nitrogen and oxygen atoms in total. The molecule has 3 heterocycles. The molecule has 2 aromatic heterocycles. The lowest BCUT2D eigenvalue weighted by atomic mass is 10.1. The minimum Gasteiger partial charge on any atom is -0.473 e. The van der Waals surface area contributed by atoms with Crippen LogP contribution >= 0.6 is 11.3 Å². The third-order valence-electron chi connectivity index (χ3n) is 6.11. The van der Waals surface area contributed by atoms with E-state index in [4.69, 9.17) is 14.3 Å². The highest BCUT2D eigenvalue weighted by molar-refractivity contribution is 7.92. The Kier molecular flexibility index (Phi) is 7.88. The zero-order valence-corrected chi connectivity index (χ0v) is 22.7. The second-order valence-corrected chi connectivity index (χ2v) is 12.5. The zero-order valence-electron chi connectivity index (χ0n) is 21.0. The lowest BCUT2D eigenvalue weighted by Gasteiger charge is -2.11. The molecule has 1 saturated carbocycles. The van der Waals surface area contributed by atoms with Crippen molar-refractivity contribution in [3.8, 4) is 5.88 Å². The van der Waals surface area contributed by atoms with Gasteiger partial charge in [0.15, 0.2) is 20.7 Å². The van der Waals surface area contributed by atoms with Crippen LogP contribution in [0.4, 0.5) is 5.13 Å². The molecule has 2 atom stereocenters. The molecule has 13 heteroatoms. The van der Waals surface area contributed by atoms with Crippen molar-refractivity contribution in [1.82, 2.24) is 15.3 Å². The monoisotopic (exact) mass is 559 g/mol. The van der Waals surface area contributed by atoms with Crippen LogP contribution in [0.1, 0.15) is 31.7 Å². The lowest BCUT2D eigenvalue weighted by molar-refractivity contribution is -0.110. The van der Waals surface area contributed by atoms with Crippen molar-refractivity contribution in [2.24, 2.45) is 5.16 Å². The standard InChI is InChI=1S/C25H29N5O6S2/c1-15(14-34-2)36-30-22(16-3-5-18(6-4-16)38(32,33)19-7-8-19)23(31)29-25-27-20-9-10-21(28-24(20)37-25)35-17-11-12-26-13-17/h3-6,9-10,15,17,19,26H,7-8,11-14H2,1-2H3,(H,27,29,31)/t15-,17+/m1/s1. The molecule has 1 aliphatic carbocycles. The highest BCUT2D eigenvalue weighted by atomic mass is 32.2. The van der Waals surface area contributed by atoms with Crippen molar-refractivity contribution < 1.29 is 27.5 Å². The van der Waals surface area contributed by atoms with E-state index in [2.05, 4.69) is 25.8 Å². The molecule has 1 amide bonds. The maximum absolute atomic E-state index is 13.3. The first kappa shape index (κ1) is 26.5. The van der Waals surface area contributed by atoms with E-state index in [1.807, 2.05) is 0 Å². The van der Waals surface area contributed by atoms with Crippen molar-refractivity contribution in [3.63, 3.8) is 0 Å². The number of oxime groups is 1. The molecule has 5 rings (SSSR count). The number of nitrogens with one attached hydrogen (secondary N) is 2. The SMILES string of the molecule is COC[C@@H](C)ON=C(C(=O)Nc1nc2ccc(O[C@H]3CCNC3)nc2s1)c1ccc(S(=O)(=O)C2CC2)cc1. The van der Waals surface area contributed by atoms with E-state index in [1.54, 1.807) is 38.3 Å². The Morgan fingerprint density at radius 1 is 1.18 bits per heavy atom. The largest absolute Gasteiger partial charge is 0.473 e. The molecule has 2 aliphatic rings. The highest BCUT2D eigenvalue weighted by Crippen LogP contribution is 2.33. The van der Waals surface area contributed by atoms with Crippen LogP contribution in [0.15, 0.2) is 46.4 Å². The smallest absolute Gasteiger partial charge is 0.280 e. The summed E-state index contributed by atoms with van der Waals surface area (Å²) in [6.07, 6.45) is 1.94. The van der Waals surface area contributed by atoms with Crippen LogP contribution in [-0.2, 0) is 24.2 Å². The first-order valence-electron chi connectivity index (χ1n) is 12.4. The van der Waals surface area contributed by atoms with Crippen molar-refractivity contribution in [2.75, 3.05) is 32.1 Å². The summed E-state index contributed by atoms with van der Waals surface area (Å²) in [5.74, 6) is -0.0447. The number of carbonyl (C=O) groups excluding carboxylic acids is 1. The van der Waals surface area contributed by atoms with E-state index in [9.17, 15) is 13.2 Å². The van der Waals surface area contributed by atoms with Crippen LogP contribution in [-0.4, -0.2) is 74.3 Å². The third-order valence-corrected chi connectivity index (χ3v) is 9.27. The van der Waals surface area contributed by atoms with Crippen molar-refractivity contribution >= 4 is 48.3 Å². The number of anilines is 1. The second kappa shape index (κ2) is 11.3. The van der Waals surface area contributed by atoms with Gasteiger partial charge in [-0.2, -0.15) is 0 Å². The minimum absolute atomic E-state index is 0.0201. The van der Waals surface area contributed by atoms with E-state index in [1.165, 1.54) is 23.5 Å². The molecule has 2 N–H and O–H groups in total. The number of thiazole rings is 1. The zero-order chi connectivity index (χ0) is 26.7. The van der Waals surface area contributed by atoms with E-state index in [-0.39, 0.29) is 28.6 Å². The number of hydrogen-bond donors (Lipinski definition) is 2. The number of ether oxygens (including phenoxy) is 2. The van der Waals surface area contributed by atoms with Crippen LogP contribution in [0, 0.1) is 0 Å². The first-order valence-corrected chi connectivity index (χ1v) is 14.7. The number of nitrogens with zero attached hydrogens (tertiary/aromatic N) is 3. The third kappa shape index (κ3) is 6.12. The Morgan fingerprint density at radius 2 is 1.97 bits per heavy atom. The van der Waals surface area contributed by atoms with Crippen LogP contribution < -0.4 is 15.4 Å². The van der Waals surface area contributed by atoms with Crippen molar-refractivity contribution in [3.05, 3.63) is 42.0 Å². The van der Waals surface area contributed by atoms with Crippen LogP contribution in [0.5, 0.6) is 5.88 Å². The van der Waals surface area contributed by atoms with Crippen LogP contribution in [0.2, 0.25) is 0 Å². The fraction of sp³-hybridized carbons (Fsp3) is 0.440. The Bertz CT molecular complexity index is 1430. The van der Waals surface area contributed by atoms with Gasteiger partial charge >= 0.3 is 0 Å². The predicted octanol–water partition coefficient (Wildman–Crippen LogP) is 2.76. The van der Waals surface area contributed by atoms with E-state index >= 15 is 0 Å². The fourth-order valence-electron chi connectivity index (χ4n) is 3.98. The van der Waals surface area contributed by atoms with E-state index < -0.39 is 21.8 Å². The summed E-state index contributed by atoms with van der Waals surface area (Å²) >= 11 is 1.21. The van der Waals surface area contributed by atoms with Gasteiger partial charge in [0, 0.05) is 25.3 Å². The normalized spacial score (nSPS) is 18.9. The Morgan fingerprint density at radius 3 is 2.66 bits per heavy atom. The number of aromatic nitrogens is 2. The number of pyridine rings is 1. The van der Waals surface area contributed by atoms with Gasteiger partial charge in [-0.3, -0.25) is 10.1 Å². The van der Waals surface area contributed by atoms with Crippen LogP contribution in [0.3, 0.4) is 0 Å². The molecule has 1 aromatic carbocycles. The van der Waals surface area contributed by atoms with E-state index in [0.29, 0.717) is 39.8 Å². The molecule has 0 unspecified atom stereocenters. The van der Waals surface area contributed by atoms with Gasteiger partial charge in [-0.1, -0.05) is 28.6 Å². The number of hydrogen-bond acceptors (Lipinski definition) is 11. The molecule has 0 spiro atoms. The Hall–Kier alpha value is -3.13. The predicted molar refractivity (Wildman–Crippen MR) is 144 cm³/mol. The molecule has 0 bridgehead atoms. The van der Waals surface area contributed by atoms with Crippen molar-refractivity contribution in [1.29, 1.82) is 0 Å². The van der Waals surface area contributed by atoms with Gasteiger partial charge in [0.2, 0.25) is 5.88 Å². The summed E-state index contributed by atoms with van der Waals surface area (Å²) in [5, 5.41) is 10.1. The van der Waals surface area contributed by atoms with Gasteiger partial charge in [-0.05, 0) is 50.9 Å². The highest BCUT2D eigenvalue weighted by Gasteiger charge is 2.36. The Balaban J connectivity index is 1.35. The second-order valence-electron chi connectivity index (χ2n) is 9.26. The van der Waals surface area contributed by atoms with Gasteiger partial charge in [0.25, 0.3) is 5.91 Å².